The molecule has 0 saturated heterocycles. The number of nitrogens with zero attached hydrogens (tertiary/aromatic N) is 2. The third-order valence-corrected chi connectivity index (χ3v) is 3.61. The molecular formula is C12H18N2O3S. The molecule has 0 spiro atoms. The second-order valence-corrected chi connectivity index (χ2v) is 5.99. The number of amides is 1. The van der Waals surface area contributed by atoms with Crippen LogP contribution < -0.4 is 0 Å². The molecule has 18 heavy (non-hydrogen) atoms. The fourth-order valence-electron chi connectivity index (χ4n) is 1.92. The van der Waals surface area contributed by atoms with Crippen LogP contribution in [0.2, 0.25) is 0 Å². The predicted octanol–water partition coefficient (Wildman–Crippen LogP) is 1.94. The van der Waals surface area contributed by atoms with Gasteiger partial charge in [0.2, 0.25) is 0 Å². The third kappa shape index (κ3) is 2.87. The Morgan fingerprint density at radius 1 is 1.33 bits per heavy atom. The summed E-state index contributed by atoms with van der Waals surface area (Å²) in [6, 6.07) is -0.834. The van der Waals surface area contributed by atoms with Gasteiger partial charge in [0.05, 0.1) is 5.01 Å². The van der Waals surface area contributed by atoms with Crippen LogP contribution in [0.25, 0.3) is 0 Å². The number of aromatic nitrogens is 1. The van der Waals surface area contributed by atoms with Crippen molar-refractivity contribution in [3.8, 4) is 0 Å². The topological polar surface area (TPSA) is 70.5 Å². The van der Waals surface area contributed by atoms with E-state index in [1.807, 2.05) is 13.8 Å². The summed E-state index contributed by atoms with van der Waals surface area (Å²) in [5, 5.41) is 9.98. The van der Waals surface area contributed by atoms with Gasteiger partial charge in [0, 0.05) is 11.9 Å². The number of aryl methyl sites for hydroxylation is 2. The predicted molar refractivity (Wildman–Crippen MR) is 69.9 cm³/mol. The molecule has 1 N–H and O–H groups in total. The van der Waals surface area contributed by atoms with Crippen molar-refractivity contribution in [1.82, 2.24) is 9.88 Å². The molecule has 1 amide bonds. The maximum atomic E-state index is 12.2. The molecule has 1 aromatic rings. The van der Waals surface area contributed by atoms with Gasteiger partial charge in [0.15, 0.2) is 0 Å². The van der Waals surface area contributed by atoms with E-state index in [1.165, 1.54) is 23.3 Å². The molecule has 0 radical (unpaired) electrons. The largest absolute Gasteiger partial charge is 0.480 e. The SMILES string of the molecule is Cc1nc(C(=O)N(C)C(C(=O)O)C(C)C)c(C)s1. The van der Waals surface area contributed by atoms with Crippen molar-refractivity contribution in [1.29, 1.82) is 0 Å². The molecule has 6 heteroatoms. The molecule has 5 nitrogen and oxygen atoms in total. The van der Waals surface area contributed by atoms with E-state index in [1.54, 1.807) is 13.8 Å². The Kier molecular flexibility index (Phi) is 4.45. The van der Waals surface area contributed by atoms with Gasteiger partial charge in [-0.15, -0.1) is 11.3 Å². The fraction of sp³-hybridized carbons (Fsp3) is 0.583. The van der Waals surface area contributed by atoms with Crippen molar-refractivity contribution in [2.75, 3.05) is 7.05 Å². The Morgan fingerprint density at radius 2 is 1.89 bits per heavy atom. The molecule has 0 aliphatic heterocycles. The van der Waals surface area contributed by atoms with E-state index in [-0.39, 0.29) is 11.8 Å². The maximum absolute atomic E-state index is 12.2. The average molecular weight is 270 g/mol. The molecule has 0 aliphatic rings. The summed E-state index contributed by atoms with van der Waals surface area (Å²) in [7, 11) is 1.51. The van der Waals surface area contributed by atoms with Crippen molar-refractivity contribution in [3.63, 3.8) is 0 Å². The van der Waals surface area contributed by atoms with Crippen LogP contribution in [0.4, 0.5) is 0 Å². The first kappa shape index (κ1) is 14.6. The standard InChI is InChI=1S/C12H18N2O3S/c1-6(2)10(12(16)17)14(5)11(15)9-7(3)18-8(4)13-9/h6,10H,1-5H3,(H,16,17). The van der Waals surface area contributed by atoms with Crippen LogP contribution in [-0.2, 0) is 4.79 Å². The van der Waals surface area contributed by atoms with Gasteiger partial charge in [-0.3, -0.25) is 4.79 Å². The van der Waals surface area contributed by atoms with Crippen molar-refractivity contribution in [3.05, 3.63) is 15.6 Å². The van der Waals surface area contributed by atoms with Crippen LogP contribution >= 0.6 is 11.3 Å². The fourth-order valence-corrected chi connectivity index (χ4v) is 2.73. The normalized spacial score (nSPS) is 12.6. The van der Waals surface area contributed by atoms with E-state index < -0.39 is 12.0 Å². The zero-order chi connectivity index (χ0) is 14.0. The molecule has 1 unspecified atom stereocenters. The first-order valence-corrected chi connectivity index (χ1v) is 6.51. The smallest absolute Gasteiger partial charge is 0.326 e. The van der Waals surface area contributed by atoms with Gasteiger partial charge in [-0.05, 0) is 19.8 Å². The first-order valence-electron chi connectivity index (χ1n) is 5.69. The Hall–Kier alpha value is -1.43. The summed E-state index contributed by atoms with van der Waals surface area (Å²) < 4.78 is 0. The minimum absolute atomic E-state index is 0.156. The number of hydrogen-bond acceptors (Lipinski definition) is 4. The highest BCUT2D eigenvalue weighted by molar-refractivity contribution is 7.11. The minimum Gasteiger partial charge on any atom is -0.480 e. The number of carbonyl (C=O) groups is 2. The van der Waals surface area contributed by atoms with E-state index in [4.69, 9.17) is 0 Å². The third-order valence-electron chi connectivity index (χ3n) is 2.73. The second-order valence-electron chi connectivity index (χ2n) is 4.58. The summed E-state index contributed by atoms with van der Waals surface area (Å²) in [6.07, 6.45) is 0. The summed E-state index contributed by atoms with van der Waals surface area (Å²) in [5.41, 5.74) is 0.354. The Morgan fingerprint density at radius 3 is 2.22 bits per heavy atom. The van der Waals surface area contributed by atoms with Crippen molar-refractivity contribution in [2.24, 2.45) is 5.92 Å². The molecule has 0 fully saturated rings. The van der Waals surface area contributed by atoms with Crippen LogP contribution in [0.15, 0.2) is 0 Å². The highest BCUT2D eigenvalue weighted by atomic mass is 32.1. The Bertz CT molecular complexity index is 468. The molecular weight excluding hydrogens is 252 g/mol. The summed E-state index contributed by atoms with van der Waals surface area (Å²) in [5.74, 6) is -1.49. The van der Waals surface area contributed by atoms with Crippen LogP contribution in [0.3, 0.4) is 0 Å². The van der Waals surface area contributed by atoms with Crippen LogP contribution in [-0.4, -0.2) is 40.0 Å². The van der Waals surface area contributed by atoms with Crippen LogP contribution in [0.1, 0.15) is 34.2 Å². The molecule has 1 rings (SSSR count). The van der Waals surface area contributed by atoms with Gasteiger partial charge in [-0.2, -0.15) is 0 Å². The van der Waals surface area contributed by atoms with Crippen molar-refractivity contribution in [2.45, 2.75) is 33.7 Å². The van der Waals surface area contributed by atoms with Crippen LogP contribution in [0.5, 0.6) is 0 Å². The molecule has 1 heterocycles. The molecule has 0 aliphatic carbocycles. The maximum Gasteiger partial charge on any atom is 0.326 e. The summed E-state index contributed by atoms with van der Waals surface area (Å²) >= 11 is 1.44. The highest BCUT2D eigenvalue weighted by Crippen LogP contribution is 2.20. The van der Waals surface area contributed by atoms with E-state index in [0.29, 0.717) is 5.69 Å². The van der Waals surface area contributed by atoms with Crippen molar-refractivity contribution >= 4 is 23.2 Å². The number of hydrogen-bond donors (Lipinski definition) is 1. The Labute approximate surface area is 110 Å². The average Bonchev–Trinajstić information content (AvgIpc) is 2.55. The van der Waals surface area contributed by atoms with E-state index in [2.05, 4.69) is 4.98 Å². The molecule has 0 aromatic carbocycles. The number of aliphatic carboxylic acids is 1. The lowest BCUT2D eigenvalue weighted by molar-refractivity contribution is -0.143. The number of carbonyl (C=O) groups excluding carboxylic acids is 1. The molecule has 1 aromatic heterocycles. The van der Waals surface area contributed by atoms with Gasteiger partial charge in [-0.1, -0.05) is 13.8 Å². The van der Waals surface area contributed by atoms with Crippen LogP contribution in [0, 0.1) is 19.8 Å². The monoisotopic (exact) mass is 270 g/mol. The molecule has 0 bridgehead atoms. The summed E-state index contributed by atoms with van der Waals surface area (Å²) in [6.45, 7) is 7.20. The van der Waals surface area contributed by atoms with Gasteiger partial charge >= 0.3 is 5.97 Å². The Balaban J connectivity index is 3.03. The zero-order valence-electron chi connectivity index (χ0n) is 11.2. The van der Waals surface area contributed by atoms with Gasteiger partial charge in [-0.25, -0.2) is 9.78 Å². The lowest BCUT2D eigenvalue weighted by atomic mass is 10.0. The number of rotatable bonds is 4. The number of likely N-dealkylation sites (N-methyl/N-ethyl adjacent to an activating group) is 1. The molecule has 0 saturated carbocycles. The number of thiazole rings is 1. The molecule has 1 atom stereocenters. The summed E-state index contributed by atoms with van der Waals surface area (Å²) in [4.78, 5) is 29.7. The van der Waals surface area contributed by atoms with Gasteiger partial charge in [0.25, 0.3) is 5.91 Å². The number of carboxylic acids is 1. The van der Waals surface area contributed by atoms with Gasteiger partial charge < -0.3 is 10.0 Å². The second kappa shape index (κ2) is 5.48. The van der Waals surface area contributed by atoms with Gasteiger partial charge in [0.1, 0.15) is 11.7 Å². The van der Waals surface area contributed by atoms with E-state index >= 15 is 0 Å². The first-order chi connectivity index (χ1) is 8.25. The lowest BCUT2D eigenvalue weighted by Crippen LogP contribution is -2.45. The number of carboxylic acid groups (broad SMARTS) is 1. The van der Waals surface area contributed by atoms with E-state index in [9.17, 15) is 14.7 Å². The molecule has 100 valence electrons. The lowest BCUT2D eigenvalue weighted by Gasteiger charge is -2.27. The highest BCUT2D eigenvalue weighted by Gasteiger charge is 2.31. The van der Waals surface area contributed by atoms with Crippen molar-refractivity contribution < 1.29 is 14.7 Å². The van der Waals surface area contributed by atoms with E-state index in [0.717, 1.165) is 9.88 Å². The zero-order valence-corrected chi connectivity index (χ0v) is 12.0. The quantitative estimate of drug-likeness (QED) is 0.907. The minimum atomic E-state index is -0.995.